The number of aromatic hydroxyl groups is 1. The fraction of sp³-hybridized carbons (Fsp3) is 0.581. The average Bonchev–Trinajstić information content (AvgIpc) is 1.76. The normalized spacial score (nSPS) is 25.3. The zero-order chi connectivity index (χ0) is 95.6. The number of primary amides is 1. The van der Waals surface area contributed by atoms with Gasteiger partial charge in [-0.3, -0.25) is 81.5 Å². The molecule has 0 bridgehead atoms. The smallest absolute Gasteiger partial charge is 0.246 e. The van der Waals surface area contributed by atoms with Crippen LogP contribution in [0.15, 0.2) is 85.2 Å². The lowest BCUT2D eigenvalue weighted by atomic mass is 9.90. The number of nitrogens with zero attached hydrogens (tertiary/aromatic N) is 5. The van der Waals surface area contributed by atoms with E-state index in [4.69, 9.17) is 5.73 Å². The summed E-state index contributed by atoms with van der Waals surface area (Å²) in [4.78, 5) is 262. The Labute approximate surface area is 767 Å². The molecule has 37 nitrogen and oxygen atoms in total. The number of H-pyrrole nitrogens is 2. The maximum Gasteiger partial charge on any atom is 0.246 e. The van der Waals surface area contributed by atoms with E-state index < -0.39 is 217 Å². The van der Waals surface area contributed by atoms with E-state index in [0.717, 1.165) is 39.8 Å². The molecule has 1 saturated carbocycles. The number of phenolic OH excluding ortho intramolecular Hbond substituents is 1. The number of unbranched alkanes of at least 4 members (excludes halogenated alkanes) is 2. The van der Waals surface area contributed by atoms with Gasteiger partial charge < -0.3 is 104 Å². The van der Waals surface area contributed by atoms with Crippen LogP contribution in [-0.4, -0.2) is 289 Å². The maximum absolute atomic E-state index is 15.6. The van der Waals surface area contributed by atoms with Gasteiger partial charge in [-0.05, 0) is 130 Å². The fourth-order valence-electron chi connectivity index (χ4n) is 16.9. The van der Waals surface area contributed by atoms with Crippen molar-refractivity contribution in [1.29, 1.82) is 0 Å². The van der Waals surface area contributed by atoms with E-state index in [1.54, 1.807) is 59.1 Å². The number of likely N-dealkylation sites (N-methyl/N-ethyl adjacent to an activating group) is 3. The molecule has 9 rings (SSSR count). The molecule has 3 aliphatic heterocycles. The van der Waals surface area contributed by atoms with Gasteiger partial charge in [-0.15, -0.1) is 11.8 Å². The van der Waals surface area contributed by atoms with Crippen LogP contribution in [0.25, 0.3) is 21.8 Å². The molecule has 3 saturated heterocycles. The summed E-state index contributed by atoms with van der Waals surface area (Å²) in [6, 6.07) is 3.41. The quantitative estimate of drug-likeness (QED) is 0.0420. The first-order chi connectivity index (χ1) is 62.4. The largest absolute Gasteiger partial charge is 0.508 e. The number of ketones is 1. The van der Waals surface area contributed by atoms with Gasteiger partial charge in [0.25, 0.3) is 0 Å². The van der Waals surface area contributed by atoms with Crippen molar-refractivity contribution in [3.63, 3.8) is 0 Å². The van der Waals surface area contributed by atoms with Gasteiger partial charge in [-0.25, -0.2) is 0 Å². The molecular weight excluding hydrogens is 1710 g/mol. The highest BCUT2D eigenvalue weighted by molar-refractivity contribution is 8.00. The lowest BCUT2D eigenvalue weighted by Crippen LogP contribution is -2.60. The molecule has 0 spiro atoms. The second-order valence-corrected chi connectivity index (χ2v) is 36.9. The van der Waals surface area contributed by atoms with Gasteiger partial charge in [0.2, 0.25) is 94.5 Å². The zero-order valence-electron chi connectivity index (χ0n) is 76.8. The molecule has 16 N–H and O–H groups in total. The molecule has 4 fully saturated rings. The summed E-state index contributed by atoms with van der Waals surface area (Å²) < 4.78 is 0. The maximum atomic E-state index is 15.6. The first kappa shape index (κ1) is 103. The van der Waals surface area contributed by atoms with Crippen molar-refractivity contribution in [2.45, 2.75) is 256 Å². The Morgan fingerprint density at radius 1 is 0.557 bits per heavy atom. The molecular formula is C93H132N18O19S. The van der Waals surface area contributed by atoms with Crippen LogP contribution in [-0.2, 0) is 101 Å². The lowest BCUT2D eigenvalue weighted by molar-refractivity contribution is -0.149. The number of aromatic nitrogens is 2. The number of phenols is 1. The number of hydrogen-bond acceptors (Lipinski definition) is 20. The third-order valence-electron chi connectivity index (χ3n) is 24.7. The van der Waals surface area contributed by atoms with Crippen molar-refractivity contribution in [1.82, 2.24) is 87.6 Å². The van der Waals surface area contributed by atoms with Crippen molar-refractivity contribution < 1.29 is 91.7 Å². The highest BCUT2D eigenvalue weighted by Gasteiger charge is 2.46. The first-order valence-electron chi connectivity index (χ1n) is 45.7. The minimum absolute atomic E-state index is 0.00311. The minimum atomic E-state index is -1.72. The van der Waals surface area contributed by atoms with Crippen LogP contribution in [0.1, 0.15) is 175 Å². The molecule has 131 heavy (non-hydrogen) atoms. The number of nitrogens with two attached hydrogens (primary N) is 1. The lowest BCUT2D eigenvalue weighted by Gasteiger charge is -2.36. The van der Waals surface area contributed by atoms with Crippen molar-refractivity contribution in [2.24, 2.45) is 29.4 Å². The van der Waals surface area contributed by atoms with Crippen molar-refractivity contribution >= 4 is 134 Å². The number of carbonyl (C=O) groups is 17. The number of aliphatic hydroxyl groups is 1. The molecule has 1 aliphatic carbocycles. The summed E-state index contributed by atoms with van der Waals surface area (Å²) in [6.45, 7) is 12.6. The van der Waals surface area contributed by atoms with Gasteiger partial charge in [0, 0.05) is 112 Å². The summed E-state index contributed by atoms with van der Waals surface area (Å²) >= 11 is 0.850. The SMILES string of the molecule is CCCC[C@H]1C(=O)N(C)[C@@H](CCCC)C(=O)N[C@@H](CC(C)C)C(=O)N[C@H](C(=O)NCC(=O)NCC2CC2)CSCC(=O)N[C@@H](Cc2ccc(O)cc2)C(=O)N(C)[C@@H](C)C(=O)N[C@@H](CC(N)=O)C(=O)N2CCC[C@H]2C(=O)N[C@@H](CC)C(=O)N[C@@H](CC(C)C)C(=O)N2C[C@H](O)C[C@H]2C(=O)C[C@@H](Cc2c[nH]c3ccccc23)C(=O)NCC(=O)NC(Cc2c[nH]c3ccccc23)C(=O)N1C. The molecule has 714 valence electrons. The predicted molar refractivity (Wildman–Crippen MR) is 490 cm³/mol. The number of amides is 16. The van der Waals surface area contributed by atoms with E-state index >= 15 is 33.6 Å². The van der Waals surface area contributed by atoms with Crippen LogP contribution in [0.5, 0.6) is 5.75 Å². The van der Waals surface area contributed by atoms with E-state index in [9.17, 15) is 58.2 Å². The molecule has 3 aromatic carbocycles. The molecule has 4 aliphatic rings. The number of benzene rings is 3. The van der Waals surface area contributed by atoms with Crippen LogP contribution >= 0.6 is 11.8 Å². The Morgan fingerprint density at radius 3 is 1.73 bits per heavy atom. The number of thioether (sulfide) groups is 1. The van der Waals surface area contributed by atoms with Crippen LogP contribution < -0.4 is 58.9 Å². The molecule has 1 unspecified atom stereocenters. The summed E-state index contributed by atoms with van der Waals surface area (Å²) in [5.74, 6) is -16.0. The van der Waals surface area contributed by atoms with E-state index in [2.05, 4.69) is 63.1 Å². The number of aliphatic hydroxyl groups excluding tert-OH is 1. The van der Waals surface area contributed by atoms with Crippen LogP contribution in [0, 0.1) is 23.7 Å². The summed E-state index contributed by atoms with van der Waals surface area (Å²) in [5, 5.41) is 50.3. The monoisotopic (exact) mass is 1840 g/mol. The molecule has 5 heterocycles. The minimum Gasteiger partial charge on any atom is -0.508 e. The van der Waals surface area contributed by atoms with E-state index in [-0.39, 0.29) is 107 Å². The average molecular weight is 1840 g/mol. The van der Waals surface area contributed by atoms with E-state index in [1.165, 1.54) is 67.0 Å². The van der Waals surface area contributed by atoms with Crippen LogP contribution in [0.3, 0.4) is 0 Å². The van der Waals surface area contributed by atoms with Crippen molar-refractivity contribution in [2.75, 3.05) is 65.4 Å². The van der Waals surface area contributed by atoms with Gasteiger partial charge in [-0.1, -0.05) is 123 Å². The highest BCUT2D eigenvalue weighted by atomic mass is 32.2. The number of carbonyl (C=O) groups excluding carboxylic acids is 17. The second-order valence-electron chi connectivity index (χ2n) is 35.9. The number of hydrogen-bond donors (Lipinski definition) is 15. The number of Topliss-reactive ketones (excluding diaryl/α,β-unsaturated/α-hetero) is 1. The van der Waals surface area contributed by atoms with Gasteiger partial charge in [0.05, 0.1) is 37.4 Å². The Balaban J connectivity index is 1.06. The Morgan fingerprint density at radius 2 is 1.11 bits per heavy atom. The molecule has 14 atom stereocenters. The second kappa shape index (κ2) is 48.8. The third-order valence-corrected chi connectivity index (χ3v) is 25.7. The van der Waals surface area contributed by atoms with Gasteiger partial charge in [0.1, 0.15) is 72.2 Å². The van der Waals surface area contributed by atoms with Gasteiger partial charge in [0.15, 0.2) is 5.78 Å². The fourth-order valence-corrected chi connectivity index (χ4v) is 17.8. The highest BCUT2D eigenvalue weighted by Crippen LogP contribution is 2.31. The summed E-state index contributed by atoms with van der Waals surface area (Å²) in [6.07, 6.45) is 4.27. The summed E-state index contributed by atoms with van der Waals surface area (Å²) in [5.41, 5.74) is 8.80. The first-order valence-corrected chi connectivity index (χ1v) is 46.8. The van der Waals surface area contributed by atoms with Crippen LogP contribution in [0.2, 0.25) is 0 Å². The number of rotatable bonds is 24. The Kier molecular flexibility index (Phi) is 38.3. The number of nitrogens with one attached hydrogen (secondary N) is 12. The van der Waals surface area contributed by atoms with Crippen molar-refractivity contribution in [3.8, 4) is 5.75 Å². The molecule has 0 radical (unpaired) electrons. The van der Waals surface area contributed by atoms with E-state index in [1.807, 2.05) is 50.2 Å². The zero-order valence-corrected chi connectivity index (χ0v) is 77.7. The standard InChI is InChI=1S/C93H132N18O19S/c1-12-15-26-73-87(124)103-67(36-52(4)5)86(123)106-72(84(121)99-47-79(116)97-44-56-29-30-56)50-131-51-81(118)101-69(38-55-31-33-60(112)34-32-55)89(126)107(9)54(8)82(119)104-71(43-78(94)115)91(128)110-35-21-28-74(110)88(125)102-64(14-3)85(122)105-68(37-53(6)7)92(129)111-49-61(113)42-76(111)77(114)41-57(39-58-45-95-65-24-19-17-22-62(58)65)83(120)98-48-80(117)100-70(40-59-46-96-66-25-20-18-23-63(59)66)90(127)109(11)75(27-16-13-2)93(130)108(73)10/h17-20,22-25,31-34,45-46,52-54,56-57,61,64,67-76,95-96,112-113H,12-16,21,26-30,35-44,47-51H2,1-11H3,(H2,94,115)(H,97,116)(H,98,120)(H,99,121)(H,100,117)(H,101,118)(H,102,125)(H,103,124)(H,104,119)(H,105,122)(H,106,123)/t54-,57+,61+,64-,67-,68-,69-,70?,71-,72-,73-,74-,75-,76-/m0/s1. The van der Waals surface area contributed by atoms with Gasteiger partial charge >= 0.3 is 0 Å². The molecule has 5 aromatic rings. The number of para-hydroxylation sites is 2. The number of fused-ring (bicyclic) bond motifs is 4. The van der Waals surface area contributed by atoms with E-state index in [0.29, 0.717) is 71.3 Å². The van der Waals surface area contributed by atoms with Crippen molar-refractivity contribution in [3.05, 3.63) is 102 Å². The van der Waals surface area contributed by atoms with Crippen LogP contribution in [0.4, 0.5) is 0 Å². The predicted octanol–water partition coefficient (Wildman–Crippen LogP) is 2.07. The Hall–Kier alpha value is -12.0. The molecule has 16 amide bonds. The van der Waals surface area contributed by atoms with Gasteiger partial charge in [-0.2, -0.15) is 0 Å². The summed E-state index contributed by atoms with van der Waals surface area (Å²) in [7, 11) is 4.10. The third kappa shape index (κ3) is 29.0. The molecule has 38 heteroatoms. The number of aromatic amines is 2. The topological polar surface area (TPSA) is 525 Å². The molecule has 2 aromatic heterocycles. The Bertz CT molecular complexity index is 4900.